The maximum atomic E-state index is 12.4. The second kappa shape index (κ2) is 16.5. The predicted octanol–water partition coefficient (Wildman–Crippen LogP) is 1.47. The molecule has 0 atom stereocenters. The summed E-state index contributed by atoms with van der Waals surface area (Å²) in [4.78, 5) is 42.4. The van der Waals surface area contributed by atoms with E-state index >= 15 is 0 Å². The summed E-state index contributed by atoms with van der Waals surface area (Å²) in [5, 5.41) is 0.486. The molecule has 2 amide bonds. The molecule has 0 unspecified atom stereocenters. The van der Waals surface area contributed by atoms with Gasteiger partial charge in [-0.1, -0.05) is 25.7 Å². The van der Waals surface area contributed by atoms with Crippen molar-refractivity contribution in [3.05, 3.63) is 83.1 Å². The number of likely N-dealkylation sites (N-methyl/N-ethyl adjacent to an activating group) is 1. The topological polar surface area (TPSA) is 184 Å². The van der Waals surface area contributed by atoms with E-state index in [-0.39, 0.29) is 86.9 Å². The molecule has 54 heavy (non-hydrogen) atoms. The smallest absolute Gasteiger partial charge is 0.744 e. The van der Waals surface area contributed by atoms with Crippen molar-refractivity contribution in [2.24, 2.45) is 0 Å². The van der Waals surface area contributed by atoms with Crippen molar-refractivity contribution in [2.75, 3.05) is 18.0 Å². The van der Waals surface area contributed by atoms with Gasteiger partial charge >= 0.3 is 57.4 Å². The van der Waals surface area contributed by atoms with E-state index in [0.29, 0.717) is 34.9 Å². The van der Waals surface area contributed by atoms with Gasteiger partial charge in [0.1, 0.15) is 26.8 Å². The first kappa shape index (κ1) is 43.5. The summed E-state index contributed by atoms with van der Waals surface area (Å²) in [6.07, 6.45) is 7.12. The zero-order valence-electron chi connectivity index (χ0n) is 31.3. The molecule has 3 aliphatic rings. The molecule has 2 aromatic carbocycles. The zero-order chi connectivity index (χ0) is 39.1. The summed E-state index contributed by atoms with van der Waals surface area (Å²) >= 11 is 0. The molecule has 0 aliphatic carbocycles. The zero-order valence-corrected chi connectivity index (χ0v) is 36.0. The van der Waals surface area contributed by atoms with Gasteiger partial charge in [0.05, 0.1) is 21.6 Å². The Bertz CT molecular complexity index is 2310. The summed E-state index contributed by atoms with van der Waals surface area (Å²) in [7, 11) is -9.37. The second-order valence-corrected chi connectivity index (χ2v) is 16.5. The first-order chi connectivity index (χ1) is 24.7. The van der Waals surface area contributed by atoms with Crippen molar-refractivity contribution in [3.8, 4) is 11.8 Å². The summed E-state index contributed by atoms with van der Waals surface area (Å²) in [6.45, 7) is 12.7. The average Bonchev–Trinajstić information content (AvgIpc) is 3.60. The Morgan fingerprint density at radius 3 is 2.09 bits per heavy atom. The second-order valence-electron chi connectivity index (χ2n) is 13.7. The fourth-order valence-electron chi connectivity index (χ4n) is 6.91. The minimum absolute atomic E-state index is 0. The van der Waals surface area contributed by atoms with Crippen LogP contribution in [-0.4, -0.2) is 72.2 Å². The van der Waals surface area contributed by atoms with Crippen LogP contribution in [0.4, 0.5) is 11.4 Å². The van der Waals surface area contributed by atoms with Crippen molar-refractivity contribution >= 4 is 55.1 Å². The van der Waals surface area contributed by atoms with Gasteiger partial charge in [0.25, 0.3) is 11.8 Å². The Morgan fingerprint density at radius 2 is 1.52 bits per heavy atom. The Labute approximate surface area is 358 Å². The normalized spacial score (nSPS) is 18.5. The standard InChI is InChI=1S/C38H41N3O10S2.K/c1-7-39-30-17-15-26(52(45,46)47)23-28(30)37(3,4)32(39)19-13-25(11-9-10-12-36(44)51-41-34(42)21-22-35(41)43)14-20-33-38(5,6)29-24-27(53(48,49)50)16-18-31(29)40(33)8-2;/h13-20,23-24H,7-8,10,12,21-22H2,1-6H3,(H-,45,46,47,48,49,50);/q;+1/p-1. The van der Waals surface area contributed by atoms with Crippen LogP contribution < -0.4 is 56.3 Å². The molecule has 0 radical (unpaired) electrons. The van der Waals surface area contributed by atoms with Crippen LogP contribution in [0.3, 0.4) is 0 Å². The van der Waals surface area contributed by atoms with Crippen molar-refractivity contribution in [1.82, 2.24) is 5.06 Å². The molecule has 1 saturated heterocycles. The minimum atomic E-state index is -4.68. The van der Waals surface area contributed by atoms with Gasteiger partial charge in [0.2, 0.25) is 5.69 Å². The average molecular weight is 802 g/mol. The quantitative estimate of drug-likeness (QED) is 0.0847. The minimum Gasteiger partial charge on any atom is -0.744 e. The van der Waals surface area contributed by atoms with E-state index in [1.165, 1.54) is 24.3 Å². The van der Waals surface area contributed by atoms with Crippen molar-refractivity contribution in [1.29, 1.82) is 0 Å². The summed E-state index contributed by atoms with van der Waals surface area (Å²) in [5.74, 6) is 4.11. The van der Waals surface area contributed by atoms with Crippen LogP contribution in [0, 0.1) is 11.8 Å². The maximum absolute atomic E-state index is 12.4. The van der Waals surface area contributed by atoms with Gasteiger partial charge in [-0.05, 0) is 81.8 Å². The SMILES string of the molecule is CCN1/C(=C/C=C(C#CCCC(=O)ON2C(=O)CCC2=O)/C=C/C2=[N+](CC)c3ccc(S(=O)(=O)[O-])cc3C2(C)C)C(C)(C)c2cc(S(=O)(=O)[O-])ccc21.[K+]. The number of carbonyl (C=O) groups excluding carboxylic acids is 3. The van der Waals surface area contributed by atoms with Gasteiger partial charge in [-0.3, -0.25) is 9.59 Å². The Balaban J connectivity index is 0.00000650. The van der Waals surface area contributed by atoms with Crippen LogP contribution in [0.5, 0.6) is 0 Å². The van der Waals surface area contributed by atoms with Gasteiger partial charge in [-0.2, -0.15) is 4.58 Å². The molecule has 280 valence electrons. The Hall–Kier alpha value is -3.24. The number of allylic oxidation sites excluding steroid dienone is 6. The summed E-state index contributed by atoms with van der Waals surface area (Å²) in [6, 6.07) is 8.66. The van der Waals surface area contributed by atoms with Crippen LogP contribution in [0.15, 0.2) is 81.8 Å². The third-order valence-electron chi connectivity index (χ3n) is 9.66. The van der Waals surface area contributed by atoms with Gasteiger partial charge in [-0.25, -0.2) is 21.6 Å². The van der Waals surface area contributed by atoms with Gasteiger partial charge in [-0.15, -0.1) is 5.06 Å². The van der Waals surface area contributed by atoms with Crippen LogP contribution >= 0.6 is 0 Å². The number of benzene rings is 2. The molecule has 13 nitrogen and oxygen atoms in total. The number of rotatable bonds is 10. The molecule has 0 N–H and O–H groups in total. The largest absolute Gasteiger partial charge is 1.00 e. The summed E-state index contributed by atoms with van der Waals surface area (Å²) < 4.78 is 73.1. The molecular formula is C38H40KN3O10S2. The molecule has 2 aromatic rings. The number of imide groups is 1. The van der Waals surface area contributed by atoms with Crippen LogP contribution in [0.1, 0.15) is 78.4 Å². The summed E-state index contributed by atoms with van der Waals surface area (Å²) in [5.41, 5.74) is 3.60. The van der Waals surface area contributed by atoms with Crippen LogP contribution in [0.2, 0.25) is 0 Å². The number of anilines is 1. The Kier molecular flexibility index (Phi) is 13.3. The molecule has 0 bridgehead atoms. The van der Waals surface area contributed by atoms with E-state index in [1.807, 2.05) is 63.2 Å². The monoisotopic (exact) mass is 801 g/mol. The number of fused-ring (bicyclic) bond motifs is 2. The third kappa shape index (κ3) is 8.75. The number of hydrogen-bond acceptors (Lipinski definition) is 11. The van der Waals surface area contributed by atoms with Crippen LogP contribution in [-0.2, 0) is 50.3 Å². The first-order valence-corrected chi connectivity index (χ1v) is 19.8. The van der Waals surface area contributed by atoms with E-state index in [0.717, 1.165) is 22.8 Å². The molecule has 1 fully saturated rings. The fourth-order valence-corrected chi connectivity index (χ4v) is 7.91. The molecule has 0 spiro atoms. The molecule has 3 aliphatic heterocycles. The molecule has 16 heteroatoms. The molecular weight excluding hydrogens is 762 g/mol. The van der Waals surface area contributed by atoms with Gasteiger partial charge in [0, 0.05) is 65.9 Å². The van der Waals surface area contributed by atoms with E-state index in [4.69, 9.17) is 4.84 Å². The van der Waals surface area contributed by atoms with Crippen molar-refractivity contribution in [2.45, 2.75) is 87.8 Å². The fraction of sp³-hybridized carbons (Fsp3) is 0.368. The molecule has 0 aromatic heterocycles. The third-order valence-corrected chi connectivity index (χ3v) is 11.3. The predicted molar refractivity (Wildman–Crippen MR) is 193 cm³/mol. The van der Waals surface area contributed by atoms with E-state index in [2.05, 4.69) is 11.8 Å². The number of hydrogen-bond donors (Lipinski definition) is 0. The van der Waals surface area contributed by atoms with E-state index in [9.17, 15) is 40.3 Å². The van der Waals surface area contributed by atoms with Crippen molar-refractivity contribution < 1.29 is 101 Å². The molecule has 0 saturated carbocycles. The number of nitrogens with zero attached hydrogens (tertiary/aromatic N) is 3. The van der Waals surface area contributed by atoms with Crippen molar-refractivity contribution in [3.63, 3.8) is 0 Å². The van der Waals surface area contributed by atoms with Gasteiger partial charge in [0.15, 0.2) is 5.71 Å². The van der Waals surface area contributed by atoms with E-state index in [1.54, 1.807) is 24.3 Å². The molecule has 3 heterocycles. The van der Waals surface area contributed by atoms with E-state index < -0.39 is 48.8 Å². The maximum Gasteiger partial charge on any atom is 1.00 e. The van der Waals surface area contributed by atoms with Crippen LogP contribution in [0.25, 0.3) is 0 Å². The number of hydroxylamine groups is 2. The molecule has 5 rings (SSSR count). The van der Waals surface area contributed by atoms with Gasteiger partial charge < -0.3 is 18.8 Å². The Morgan fingerprint density at radius 1 is 0.926 bits per heavy atom. The first-order valence-electron chi connectivity index (χ1n) is 17.0. The number of carbonyl (C=O) groups is 3. The number of amides is 2.